The number of pyridine rings is 1. The Labute approximate surface area is 188 Å². The third-order valence-electron chi connectivity index (χ3n) is 4.88. The fourth-order valence-corrected chi connectivity index (χ4v) is 4.96. The first kappa shape index (κ1) is 21.0. The van der Waals surface area contributed by atoms with Gasteiger partial charge in [0, 0.05) is 21.1 Å². The summed E-state index contributed by atoms with van der Waals surface area (Å²) in [6.07, 6.45) is 0. The van der Waals surface area contributed by atoms with Gasteiger partial charge < -0.3 is 5.32 Å². The van der Waals surface area contributed by atoms with Crippen LogP contribution < -0.4 is 5.32 Å². The van der Waals surface area contributed by atoms with E-state index in [-0.39, 0.29) is 5.91 Å². The van der Waals surface area contributed by atoms with Crippen LogP contribution in [-0.4, -0.2) is 25.8 Å². The van der Waals surface area contributed by atoms with Gasteiger partial charge in [-0.2, -0.15) is 0 Å². The average molecular weight is 459 g/mol. The highest BCUT2D eigenvalue weighted by Gasteiger charge is 2.20. The normalized spacial score (nSPS) is 12.5. The minimum absolute atomic E-state index is 0.168. The summed E-state index contributed by atoms with van der Waals surface area (Å²) in [6.45, 7) is 8.09. The molecule has 0 aliphatic carbocycles. The van der Waals surface area contributed by atoms with Crippen molar-refractivity contribution in [2.45, 2.75) is 38.1 Å². The number of thioether (sulfide) groups is 1. The monoisotopic (exact) mass is 458 g/mol. The van der Waals surface area contributed by atoms with Crippen LogP contribution in [-0.2, 0) is 4.79 Å². The number of hydrogen-bond acceptors (Lipinski definition) is 4. The molecule has 0 aliphatic rings. The number of fused-ring (bicyclic) bond motifs is 3. The second kappa shape index (κ2) is 8.10. The lowest BCUT2D eigenvalue weighted by Gasteiger charge is -2.14. The first-order chi connectivity index (χ1) is 14.2. The Bertz CT molecular complexity index is 1280. The molecular weight excluding hydrogens is 439 g/mol. The number of anilines is 1. The quantitative estimate of drug-likeness (QED) is 0.368. The zero-order valence-corrected chi connectivity index (χ0v) is 19.3. The molecule has 4 rings (SSSR count). The second-order valence-corrected chi connectivity index (χ2v) is 9.57. The topological polar surface area (TPSA) is 59.3 Å². The Morgan fingerprint density at radius 1 is 1.00 bits per heavy atom. The van der Waals surface area contributed by atoms with Crippen LogP contribution in [0.4, 0.5) is 5.69 Å². The van der Waals surface area contributed by atoms with Crippen LogP contribution in [0.1, 0.15) is 23.6 Å². The number of halogens is 2. The highest BCUT2D eigenvalue weighted by molar-refractivity contribution is 8.00. The molecule has 2 heterocycles. The van der Waals surface area contributed by atoms with E-state index in [1.807, 2.05) is 17.4 Å². The maximum absolute atomic E-state index is 12.8. The minimum atomic E-state index is -0.405. The molecule has 2 aromatic heterocycles. The van der Waals surface area contributed by atoms with Gasteiger partial charge in [-0.05, 0) is 69.2 Å². The lowest BCUT2D eigenvalue weighted by molar-refractivity contribution is -0.115. The summed E-state index contributed by atoms with van der Waals surface area (Å²) in [6, 6.07) is 11.3. The van der Waals surface area contributed by atoms with E-state index >= 15 is 0 Å². The van der Waals surface area contributed by atoms with E-state index in [0.717, 1.165) is 27.7 Å². The van der Waals surface area contributed by atoms with Crippen molar-refractivity contribution in [2.75, 3.05) is 5.32 Å². The van der Waals surface area contributed by atoms with Gasteiger partial charge in [0.15, 0.2) is 10.8 Å². The number of nitrogens with one attached hydrogen (secondary N) is 1. The fourth-order valence-electron chi connectivity index (χ4n) is 3.57. The van der Waals surface area contributed by atoms with Gasteiger partial charge in [-0.3, -0.25) is 9.20 Å². The third kappa shape index (κ3) is 4.00. The van der Waals surface area contributed by atoms with Gasteiger partial charge in [-0.25, -0.2) is 0 Å². The molecule has 4 aromatic rings. The molecule has 1 atom stereocenters. The van der Waals surface area contributed by atoms with Crippen LogP contribution >= 0.6 is 35.0 Å². The minimum Gasteiger partial charge on any atom is -0.325 e. The van der Waals surface area contributed by atoms with E-state index in [0.29, 0.717) is 20.9 Å². The molecular formula is C22H20Cl2N4OS. The van der Waals surface area contributed by atoms with Crippen molar-refractivity contribution >= 4 is 63.1 Å². The fraction of sp³-hybridized carbons (Fsp3) is 0.227. The van der Waals surface area contributed by atoms with Crippen molar-refractivity contribution in [3.63, 3.8) is 0 Å². The molecule has 5 nitrogen and oxygen atoms in total. The van der Waals surface area contributed by atoms with Crippen molar-refractivity contribution in [2.24, 2.45) is 0 Å². The van der Waals surface area contributed by atoms with Crippen LogP contribution in [0.5, 0.6) is 0 Å². The maximum Gasteiger partial charge on any atom is 0.237 e. The largest absolute Gasteiger partial charge is 0.325 e. The van der Waals surface area contributed by atoms with E-state index in [4.69, 9.17) is 23.2 Å². The van der Waals surface area contributed by atoms with Gasteiger partial charge in [-0.1, -0.05) is 46.6 Å². The standard InChI is InChI=1S/C22H20Cl2N4OS/c1-11-5-13(3)20-18(6-11)12(2)7-19-26-27-22(28(19)20)30-14(4)21(29)25-17-9-15(23)8-16(24)10-17/h5-10,14H,1-4H3,(H,25,29). The van der Waals surface area contributed by atoms with Crippen molar-refractivity contribution < 1.29 is 4.79 Å². The molecule has 0 saturated heterocycles. The highest BCUT2D eigenvalue weighted by atomic mass is 35.5. The molecule has 0 aliphatic heterocycles. The number of benzene rings is 2. The van der Waals surface area contributed by atoms with Crippen molar-refractivity contribution in [1.82, 2.24) is 14.6 Å². The van der Waals surface area contributed by atoms with Gasteiger partial charge in [0.2, 0.25) is 5.91 Å². The summed E-state index contributed by atoms with van der Waals surface area (Å²) in [4.78, 5) is 12.8. The summed E-state index contributed by atoms with van der Waals surface area (Å²) in [7, 11) is 0. The molecule has 30 heavy (non-hydrogen) atoms. The van der Waals surface area contributed by atoms with Crippen molar-refractivity contribution in [3.8, 4) is 0 Å². The van der Waals surface area contributed by atoms with Gasteiger partial charge in [0.1, 0.15) is 0 Å². The Balaban J connectivity index is 1.68. The molecule has 0 bridgehead atoms. The van der Waals surface area contributed by atoms with Gasteiger partial charge in [0.25, 0.3) is 0 Å². The Morgan fingerprint density at radius 3 is 2.40 bits per heavy atom. The summed E-state index contributed by atoms with van der Waals surface area (Å²) in [5.41, 5.74) is 5.89. The van der Waals surface area contributed by atoms with Crippen LogP contribution in [0.3, 0.4) is 0 Å². The molecule has 0 fully saturated rings. The number of hydrogen-bond donors (Lipinski definition) is 1. The second-order valence-electron chi connectivity index (χ2n) is 7.39. The summed E-state index contributed by atoms with van der Waals surface area (Å²) in [5.74, 6) is -0.168. The summed E-state index contributed by atoms with van der Waals surface area (Å²) in [5, 5.41) is 13.9. The molecule has 1 unspecified atom stereocenters. The molecule has 0 spiro atoms. The van der Waals surface area contributed by atoms with Crippen LogP contribution in [0, 0.1) is 20.8 Å². The van der Waals surface area contributed by atoms with Crippen LogP contribution in [0.25, 0.3) is 16.6 Å². The van der Waals surface area contributed by atoms with Crippen LogP contribution in [0.2, 0.25) is 10.0 Å². The van der Waals surface area contributed by atoms with E-state index in [9.17, 15) is 4.79 Å². The number of carbonyl (C=O) groups excluding carboxylic acids is 1. The molecule has 1 N–H and O–H groups in total. The van der Waals surface area contributed by atoms with Gasteiger partial charge in [-0.15, -0.1) is 10.2 Å². The smallest absolute Gasteiger partial charge is 0.237 e. The first-order valence-corrected chi connectivity index (χ1v) is 11.1. The SMILES string of the molecule is Cc1cc(C)c2c(c1)c(C)cc1nnc(SC(C)C(=O)Nc3cc(Cl)cc(Cl)c3)n12. The maximum atomic E-state index is 12.8. The van der Waals surface area contributed by atoms with Gasteiger partial charge in [0.05, 0.1) is 10.8 Å². The molecule has 0 radical (unpaired) electrons. The van der Waals surface area contributed by atoms with Crippen molar-refractivity contribution in [1.29, 1.82) is 0 Å². The molecule has 8 heteroatoms. The Morgan fingerprint density at radius 2 is 1.70 bits per heavy atom. The lowest BCUT2D eigenvalue weighted by Crippen LogP contribution is -2.22. The number of aromatic nitrogens is 3. The number of nitrogens with zero attached hydrogens (tertiary/aromatic N) is 3. The predicted molar refractivity (Wildman–Crippen MR) is 125 cm³/mol. The number of amides is 1. The van der Waals surface area contributed by atoms with Gasteiger partial charge >= 0.3 is 0 Å². The number of carbonyl (C=O) groups is 1. The number of aryl methyl sites for hydroxylation is 3. The van der Waals surface area contributed by atoms with E-state index < -0.39 is 5.25 Å². The summed E-state index contributed by atoms with van der Waals surface area (Å²) >= 11 is 13.4. The van der Waals surface area contributed by atoms with Crippen LogP contribution in [0.15, 0.2) is 41.6 Å². The van der Waals surface area contributed by atoms with E-state index in [2.05, 4.69) is 48.4 Å². The van der Waals surface area contributed by atoms with Crippen molar-refractivity contribution in [3.05, 3.63) is 63.1 Å². The zero-order chi connectivity index (χ0) is 21.6. The number of rotatable bonds is 4. The zero-order valence-electron chi connectivity index (χ0n) is 17.0. The van der Waals surface area contributed by atoms with E-state index in [1.165, 1.54) is 17.3 Å². The highest BCUT2D eigenvalue weighted by Crippen LogP contribution is 2.31. The first-order valence-electron chi connectivity index (χ1n) is 9.42. The third-order valence-corrected chi connectivity index (χ3v) is 6.36. The van der Waals surface area contributed by atoms with E-state index in [1.54, 1.807) is 18.2 Å². The summed E-state index contributed by atoms with van der Waals surface area (Å²) < 4.78 is 2.03. The molecule has 154 valence electrons. The predicted octanol–water partition coefficient (Wildman–Crippen LogP) is 6.23. The lowest BCUT2D eigenvalue weighted by atomic mass is 10.0. The Hall–Kier alpha value is -2.28. The average Bonchev–Trinajstić information content (AvgIpc) is 3.03. The molecule has 2 aromatic carbocycles. The Kier molecular flexibility index (Phi) is 5.66. The molecule has 1 amide bonds. The molecule has 0 saturated carbocycles.